The number of nitrogens with two attached hydrogens (primary N) is 1. The first-order valence-corrected chi connectivity index (χ1v) is 8.77. The van der Waals surface area contributed by atoms with Crippen molar-refractivity contribution in [2.24, 2.45) is 5.73 Å². The Bertz CT molecular complexity index is 1010. The number of aromatic nitrogens is 2. The Morgan fingerprint density at radius 1 is 1.19 bits per heavy atom. The van der Waals surface area contributed by atoms with Crippen LogP contribution in [0.15, 0.2) is 48.7 Å². The van der Waals surface area contributed by atoms with Gasteiger partial charge in [0, 0.05) is 18.0 Å². The average Bonchev–Trinajstić information content (AvgIpc) is 3.14. The van der Waals surface area contributed by atoms with Crippen molar-refractivity contribution in [1.82, 2.24) is 9.97 Å². The predicted molar refractivity (Wildman–Crippen MR) is 98.7 cm³/mol. The van der Waals surface area contributed by atoms with Crippen LogP contribution in [-0.4, -0.2) is 15.9 Å². The Kier molecular flexibility index (Phi) is 4.54. The van der Waals surface area contributed by atoms with E-state index in [2.05, 4.69) is 9.97 Å². The van der Waals surface area contributed by atoms with Crippen molar-refractivity contribution in [3.63, 3.8) is 0 Å². The zero-order valence-electron chi connectivity index (χ0n) is 14.6. The number of rotatable bonds is 5. The van der Waals surface area contributed by atoms with E-state index in [1.165, 1.54) is 12.1 Å². The van der Waals surface area contributed by atoms with Gasteiger partial charge in [-0.2, -0.15) is 0 Å². The van der Waals surface area contributed by atoms with Gasteiger partial charge in [-0.1, -0.05) is 12.1 Å². The summed E-state index contributed by atoms with van der Waals surface area (Å²) >= 11 is 0. The Morgan fingerprint density at radius 2 is 2.07 bits per heavy atom. The number of amides is 1. The van der Waals surface area contributed by atoms with Crippen LogP contribution in [0.3, 0.4) is 0 Å². The molecular weight excluding hydrogens is 345 g/mol. The second-order valence-electron chi connectivity index (χ2n) is 6.46. The maximum absolute atomic E-state index is 14.3. The Morgan fingerprint density at radius 3 is 2.81 bits per heavy atom. The summed E-state index contributed by atoms with van der Waals surface area (Å²) in [5, 5.41) is 0. The van der Waals surface area contributed by atoms with Crippen LogP contribution in [0.2, 0.25) is 0 Å². The summed E-state index contributed by atoms with van der Waals surface area (Å²) in [6, 6.07) is 11.9. The van der Waals surface area contributed by atoms with Crippen LogP contribution in [0.25, 0.3) is 11.1 Å². The largest absolute Gasteiger partial charge is 0.471 e. The van der Waals surface area contributed by atoms with Gasteiger partial charge in [-0.15, -0.1) is 0 Å². The van der Waals surface area contributed by atoms with Crippen LogP contribution in [0, 0.1) is 5.82 Å². The molecule has 3 aromatic rings. The lowest BCUT2D eigenvalue weighted by Gasteiger charge is -2.13. The van der Waals surface area contributed by atoms with Gasteiger partial charge in [0.25, 0.3) is 5.91 Å². The SMILES string of the molecule is NC(=O)c1ccc(-c2cc(OCc3ccccn3)nc3c2CCC3)cc1F. The molecule has 0 aliphatic heterocycles. The van der Waals surface area contributed by atoms with Crippen LogP contribution in [-0.2, 0) is 19.4 Å². The van der Waals surface area contributed by atoms with Crippen molar-refractivity contribution < 1.29 is 13.9 Å². The van der Waals surface area contributed by atoms with E-state index < -0.39 is 11.7 Å². The summed E-state index contributed by atoms with van der Waals surface area (Å²) in [5.41, 5.74) is 9.52. The molecule has 0 saturated carbocycles. The summed E-state index contributed by atoms with van der Waals surface area (Å²) < 4.78 is 20.1. The number of fused-ring (bicyclic) bond motifs is 1. The van der Waals surface area contributed by atoms with Gasteiger partial charge in [0.15, 0.2) is 0 Å². The normalized spacial score (nSPS) is 12.6. The van der Waals surface area contributed by atoms with E-state index >= 15 is 0 Å². The Hall–Kier alpha value is -3.28. The fraction of sp³-hybridized carbons (Fsp3) is 0.190. The number of aryl methyl sites for hydroxylation is 1. The van der Waals surface area contributed by atoms with Gasteiger partial charge in [0.1, 0.15) is 12.4 Å². The summed E-state index contributed by atoms with van der Waals surface area (Å²) in [5.74, 6) is -0.923. The monoisotopic (exact) mass is 363 g/mol. The minimum atomic E-state index is -0.779. The molecule has 0 radical (unpaired) electrons. The molecule has 4 rings (SSSR count). The van der Waals surface area contributed by atoms with Crippen LogP contribution < -0.4 is 10.5 Å². The van der Waals surface area contributed by atoms with E-state index in [1.807, 2.05) is 24.3 Å². The second kappa shape index (κ2) is 7.15. The summed E-state index contributed by atoms with van der Waals surface area (Å²) in [6.45, 7) is 0.307. The fourth-order valence-electron chi connectivity index (χ4n) is 3.36. The standard InChI is InChI=1S/C21H18FN3O2/c22-18-10-13(7-8-16(18)21(23)26)17-11-20(25-19-6-3-5-15(17)19)27-12-14-4-1-2-9-24-14/h1-2,4,7-11H,3,5-6,12H2,(H2,23,26). The molecular formula is C21H18FN3O2. The third kappa shape index (κ3) is 3.51. The quantitative estimate of drug-likeness (QED) is 0.753. The molecule has 2 heterocycles. The molecule has 27 heavy (non-hydrogen) atoms. The van der Waals surface area contributed by atoms with Crippen molar-refractivity contribution in [2.45, 2.75) is 25.9 Å². The molecule has 1 aliphatic rings. The lowest BCUT2D eigenvalue weighted by molar-refractivity contribution is 0.0996. The first-order chi connectivity index (χ1) is 13.1. The van der Waals surface area contributed by atoms with Crippen LogP contribution >= 0.6 is 0 Å². The lowest BCUT2D eigenvalue weighted by Crippen LogP contribution is -2.13. The van der Waals surface area contributed by atoms with Gasteiger partial charge in [0.2, 0.25) is 5.88 Å². The molecule has 0 saturated heterocycles. The molecule has 5 nitrogen and oxygen atoms in total. The highest BCUT2D eigenvalue weighted by Gasteiger charge is 2.20. The molecule has 2 aromatic heterocycles. The van der Waals surface area contributed by atoms with Gasteiger partial charge in [-0.25, -0.2) is 9.37 Å². The fourth-order valence-corrected chi connectivity index (χ4v) is 3.36. The molecule has 0 unspecified atom stereocenters. The number of nitrogens with zero attached hydrogens (tertiary/aromatic N) is 2. The molecule has 0 atom stereocenters. The molecule has 6 heteroatoms. The van der Waals surface area contributed by atoms with E-state index in [9.17, 15) is 9.18 Å². The molecule has 1 aliphatic carbocycles. The maximum Gasteiger partial charge on any atom is 0.251 e. The van der Waals surface area contributed by atoms with Crippen molar-refractivity contribution in [3.05, 3.63) is 77.0 Å². The first kappa shape index (κ1) is 17.1. The second-order valence-corrected chi connectivity index (χ2v) is 6.46. The van der Waals surface area contributed by atoms with Crippen LogP contribution in [0.4, 0.5) is 4.39 Å². The van der Waals surface area contributed by atoms with Gasteiger partial charge in [-0.3, -0.25) is 9.78 Å². The highest BCUT2D eigenvalue weighted by Crippen LogP contribution is 2.35. The van der Waals surface area contributed by atoms with Gasteiger partial charge < -0.3 is 10.5 Å². The number of benzene rings is 1. The average molecular weight is 363 g/mol. The zero-order chi connectivity index (χ0) is 18.8. The van der Waals surface area contributed by atoms with Crippen molar-refractivity contribution in [3.8, 4) is 17.0 Å². The third-order valence-corrected chi connectivity index (χ3v) is 4.67. The molecule has 0 bridgehead atoms. The number of halogens is 1. The highest BCUT2D eigenvalue weighted by molar-refractivity contribution is 5.93. The number of carbonyl (C=O) groups excluding carboxylic acids is 1. The van der Waals surface area contributed by atoms with Gasteiger partial charge in [-0.05, 0) is 60.2 Å². The third-order valence-electron chi connectivity index (χ3n) is 4.67. The summed E-state index contributed by atoms with van der Waals surface area (Å²) in [6.07, 6.45) is 4.46. The van der Waals surface area contributed by atoms with Crippen molar-refractivity contribution in [1.29, 1.82) is 0 Å². The highest BCUT2D eigenvalue weighted by atomic mass is 19.1. The minimum absolute atomic E-state index is 0.115. The number of ether oxygens (including phenoxy) is 1. The number of pyridine rings is 2. The molecule has 1 aromatic carbocycles. The van der Waals surface area contributed by atoms with Gasteiger partial charge in [0.05, 0.1) is 11.3 Å². The molecule has 2 N–H and O–H groups in total. The molecule has 0 fully saturated rings. The van der Waals surface area contributed by atoms with E-state index in [0.29, 0.717) is 18.1 Å². The zero-order valence-corrected chi connectivity index (χ0v) is 14.6. The Balaban J connectivity index is 1.69. The topological polar surface area (TPSA) is 78.1 Å². The minimum Gasteiger partial charge on any atom is -0.471 e. The molecule has 0 spiro atoms. The van der Waals surface area contributed by atoms with Crippen LogP contribution in [0.5, 0.6) is 5.88 Å². The van der Waals surface area contributed by atoms with E-state index in [1.54, 1.807) is 12.3 Å². The van der Waals surface area contributed by atoms with E-state index in [0.717, 1.165) is 41.8 Å². The number of hydrogen-bond donors (Lipinski definition) is 1. The molecule has 136 valence electrons. The van der Waals surface area contributed by atoms with E-state index in [-0.39, 0.29) is 5.56 Å². The molecule has 1 amide bonds. The Labute approximate surface area is 156 Å². The summed E-state index contributed by atoms with van der Waals surface area (Å²) in [7, 11) is 0. The number of primary amides is 1. The van der Waals surface area contributed by atoms with Crippen molar-refractivity contribution >= 4 is 5.91 Å². The van der Waals surface area contributed by atoms with E-state index in [4.69, 9.17) is 10.5 Å². The number of hydrogen-bond acceptors (Lipinski definition) is 4. The predicted octanol–water partition coefficient (Wildman–Crippen LogP) is 3.45. The summed E-state index contributed by atoms with van der Waals surface area (Å²) in [4.78, 5) is 20.1. The lowest BCUT2D eigenvalue weighted by atomic mass is 9.98. The first-order valence-electron chi connectivity index (χ1n) is 8.77. The maximum atomic E-state index is 14.3. The van der Waals surface area contributed by atoms with Crippen LogP contribution in [0.1, 0.15) is 33.7 Å². The van der Waals surface area contributed by atoms with Gasteiger partial charge >= 0.3 is 0 Å². The van der Waals surface area contributed by atoms with Crippen molar-refractivity contribution in [2.75, 3.05) is 0 Å². The smallest absolute Gasteiger partial charge is 0.251 e. The number of carbonyl (C=O) groups is 1.